The van der Waals surface area contributed by atoms with Gasteiger partial charge in [0.2, 0.25) is 0 Å². The molecule has 5 nitrogen and oxygen atoms in total. The number of carbonyl (C=O) groups is 2. The highest BCUT2D eigenvalue weighted by atomic mass is 16.2. The molecule has 2 N–H and O–H groups in total. The molecule has 1 saturated heterocycles. The number of amides is 2. The average molecular weight is 218 g/mol. The third kappa shape index (κ3) is 2.13. The Balaban J connectivity index is 2.06. The van der Waals surface area contributed by atoms with Gasteiger partial charge in [0.05, 0.1) is 6.54 Å². The Hall–Kier alpha value is -2.04. The first-order chi connectivity index (χ1) is 7.66. The summed E-state index contributed by atoms with van der Waals surface area (Å²) < 4.78 is 0. The van der Waals surface area contributed by atoms with E-state index >= 15 is 0 Å². The van der Waals surface area contributed by atoms with Crippen LogP contribution in [0.25, 0.3) is 0 Å². The van der Waals surface area contributed by atoms with Crippen LogP contribution in [0.3, 0.4) is 0 Å². The van der Waals surface area contributed by atoms with Crippen molar-refractivity contribution >= 4 is 17.5 Å². The molecule has 0 aliphatic carbocycles. The van der Waals surface area contributed by atoms with Crippen molar-refractivity contribution < 1.29 is 9.59 Å². The first-order valence-electron chi connectivity index (χ1n) is 5.02. The van der Waals surface area contributed by atoms with Gasteiger partial charge in [0.25, 0.3) is 0 Å². The molecule has 1 fully saturated rings. The fourth-order valence-electron chi connectivity index (χ4n) is 1.57. The highest BCUT2D eigenvalue weighted by Gasteiger charge is 2.27. The molecule has 2 amide bonds. The molecule has 1 radical (unpaired) electrons. The summed E-state index contributed by atoms with van der Waals surface area (Å²) in [5.41, 5.74) is 7.20. The number of hydrogen-bond acceptors (Lipinski definition) is 3. The van der Waals surface area contributed by atoms with Crippen molar-refractivity contribution in [2.75, 3.05) is 18.8 Å². The number of rotatable bonds is 2. The summed E-state index contributed by atoms with van der Waals surface area (Å²) >= 11 is 0. The second-order valence-electron chi connectivity index (χ2n) is 3.66. The van der Waals surface area contributed by atoms with Crippen LogP contribution in [0.15, 0.2) is 24.3 Å². The van der Waals surface area contributed by atoms with Gasteiger partial charge in [0.15, 0.2) is 0 Å². The Morgan fingerprint density at radius 1 is 1.25 bits per heavy atom. The number of benzene rings is 1. The molecule has 1 aromatic carbocycles. The molecule has 1 heterocycles. The van der Waals surface area contributed by atoms with Gasteiger partial charge in [-0.05, 0) is 17.7 Å². The van der Waals surface area contributed by atoms with Crippen molar-refractivity contribution in [2.24, 2.45) is 0 Å². The number of hydrogen-bond donors (Lipinski definition) is 1. The van der Waals surface area contributed by atoms with Crippen LogP contribution in [0.2, 0.25) is 0 Å². The lowest BCUT2D eigenvalue weighted by Gasteiger charge is -2.25. The Bertz CT molecular complexity index is 414. The van der Waals surface area contributed by atoms with Gasteiger partial charge in [0, 0.05) is 18.8 Å². The average Bonchev–Trinajstić information content (AvgIpc) is 2.28. The number of piperazine rings is 1. The standard InChI is InChI=1S/C11H12N3O2/c12-9-3-1-8(2-4-9)7-14-6-5-13-10(15)11(14)16/h1-4H,5-7,12H2. The lowest BCUT2D eigenvalue weighted by molar-refractivity contribution is -0.148. The van der Waals surface area contributed by atoms with Gasteiger partial charge in [-0.2, -0.15) is 0 Å². The fraction of sp³-hybridized carbons (Fsp3) is 0.273. The molecule has 1 aliphatic rings. The molecule has 1 aromatic rings. The maximum absolute atomic E-state index is 11.5. The van der Waals surface area contributed by atoms with Gasteiger partial charge in [-0.15, -0.1) is 0 Å². The Morgan fingerprint density at radius 3 is 2.62 bits per heavy atom. The lowest BCUT2D eigenvalue weighted by atomic mass is 10.2. The first kappa shape index (κ1) is 10.5. The van der Waals surface area contributed by atoms with Crippen LogP contribution in [-0.2, 0) is 16.1 Å². The Labute approximate surface area is 93.2 Å². The number of nitrogen functional groups attached to an aromatic ring is 1. The summed E-state index contributed by atoms with van der Waals surface area (Å²) in [6.07, 6.45) is 0. The molecule has 16 heavy (non-hydrogen) atoms. The smallest absolute Gasteiger partial charge is 0.330 e. The molecular weight excluding hydrogens is 206 g/mol. The predicted molar refractivity (Wildman–Crippen MR) is 58.3 cm³/mol. The molecule has 5 heteroatoms. The molecule has 0 saturated carbocycles. The molecule has 0 bridgehead atoms. The molecule has 0 unspecified atom stereocenters. The van der Waals surface area contributed by atoms with Crippen LogP contribution < -0.4 is 11.1 Å². The lowest BCUT2D eigenvalue weighted by Crippen LogP contribution is -2.48. The summed E-state index contributed by atoms with van der Waals surface area (Å²) in [7, 11) is 0. The van der Waals surface area contributed by atoms with Gasteiger partial charge < -0.3 is 10.6 Å². The molecular formula is C11H12N3O2. The molecule has 2 rings (SSSR count). The summed E-state index contributed by atoms with van der Waals surface area (Å²) in [5, 5.41) is 3.57. The van der Waals surface area contributed by atoms with Crippen molar-refractivity contribution in [3.63, 3.8) is 0 Å². The number of nitrogens with zero attached hydrogens (tertiary/aromatic N) is 2. The first-order valence-corrected chi connectivity index (χ1v) is 5.02. The predicted octanol–water partition coefficient (Wildman–Crippen LogP) is -0.258. The minimum absolute atomic E-state index is 0.388. The normalized spacial score (nSPS) is 16.1. The summed E-state index contributed by atoms with van der Waals surface area (Å²) in [5.74, 6) is -1.18. The van der Waals surface area contributed by atoms with Crippen molar-refractivity contribution in [1.82, 2.24) is 10.2 Å². The highest BCUT2D eigenvalue weighted by molar-refractivity contribution is 6.35. The summed E-state index contributed by atoms with van der Waals surface area (Å²) in [4.78, 5) is 24.0. The van der Waals surface area contributed by atoms with Crippen LogP contribution in [0, 0.1) is 0 Å². The SMILES string of the molecule is Nc1ccc(CN2CC[N]C(=O)C2=O)cc1. The Morgan fingerprint density at radius 2 is 1.94 bits per heavy atom. The minimum atomic E-state index is -0.651. The molecule has 1 aliphatic heterocycles. The second-order valence-corrected chi connectivity index (χ2v) is 3.66. The topological polar surface area (TPSA) is 77.5 Å². The molecule has 83 valence electrons. The number of nitrogens with two attached hydrogens (primary N) is 1. The van der Waals surface area contributed by atoms with E-state index in [-0.39, 0.29) is 0 Å². The van der Waals surface area contributed by atoms with Crippen molar-refractivity contribution in [1.29, 1.82) is 0 Å². The van der Waals surface area contributed by atoms with E-state index in [0.717, 1.165) is 5.56 Å². The summed E-state index contributed by atoms with van der Waals surface area (Å²) in [6, 6.07) is 7.24. The third-order valence-corrected chi connectivity index (χ3v) is 2.45. The van der Waals surface area contributed by atoms with Gasteiger partial charge in [-0.3, -0.25) is 9.59 Å². The zero-order valence-electron chi connectivity index (χ0n) is 8.72. The van der Waals surface area contributed by atoms with Crippen LogP contribution in [-0.4, -0.2) is 29.8 Å². The van der Waals surface area contributed by atoms with E-state index in [1.807, 2.05) is 12.1 Å². The van der Waals surface area contributed by atoms with Gasteiger partial charge in [-0.1, -0.05) is 12.1 Å². The quantitative estimate of drug-likeness (QED) is 0.549. The van der Waals surface area contributed by atoms with E-state index < -0.39 is 11.8 Å². The van der Waals surface area contributed by atoms with E-state index in [9.17, 15) is 9.59 Å². The van der Waals surface area contributed by atoms with Gasteiger partial charge >= 0.3 is 11.8 Å². The van der Waals surface area contributed by atoms with E-state index in [1.165, 1.54) is 4.90 Å². The van der Waals surface area contributed by atoms with Gasteiger partial charge in [-0.25, -0.2) is 5.32 Å². The van der Waals surface area contributed by atoms with E-state index in [4.69, 9.17) is 5.73 Å². The molecule has 0 aromatic heterocycles. The second kappa shape index (κ2) is 4.22. The highest BCUT2D eigenvalue weighted by Crippen LogP contribution is 2.09. The monoisotopic (exact) mass is 218 g/mol. The van der Waals surface area contributed by atoms with Crippen molar-refractivity contribution in [3.05, 3.63) is 29.8 Å². The number of anilines is 1. The number of carbonyl (C=O) groups excluding carboxylic acids is 2. The van der Waals surface area contributed by atoms with Crippen LogP contribution >= 0.6 is 0 Å². The summed E-state index contributed by atoms with van der Waals surface area (Å²) in [6.45, 7) is 1.31. The van der Waals surface area contributed by atoms with E-state index in [0.29, 0.717) is 25.3 Å². The zero-order valence-corrected chi connectivity index (χ0v) is 8.72. The zero-order chi connectivity index (χ0) is 11.5. The van der Waals surface area contributed by atoms with Gasteiger partial charge in [0.1, 0.15) is 0 Å². The van der Waals surface area contributed by atoms with E-state index in [2.05, 4.69) is 5.32 Å². The largest absolute Gasteiger partial charge is 0.399 e. The minimum Gasteiger partial charge on any atom is -0.399 e. The van der Waals surface area contributed by atoms with Crippen LogP contribution in [0.4, 0.5) is 5.69 Å². The van der Waals surface area contributed by atoms with Crippen LogP contribution in [0.1, 0.15) is 5.56 Å². The maximum Gasteiger partial charge on any atom is 0.330 e. The molecule has 0 atom stereocenters. The fourth-order valence-corrected chi connectivity index (χ4v) is 1.57. The Kier molecular flexibility index (Phi) is 2.76. The van der Waals surface area contributed by atoms with E-state index in [1.54, 1.807) is 12.1 Å². The maximum atomic E-state index is 11.5. The molecule has 0 spiro atoms. The van der Waals surface area contributed by atoms with Crippen LogP contribution in [0.5, 0.6) is 0 Å². The van der Waals surface area contributed by atoms with Crippen molar-refractivity contribution in [3.8, 4) is 0 Å². The third-order valence-electron chi connectivity index (χ3n) is 2.45. The van der Waals surface area contributed by atoms with Crippen molar-refractivity contribution in [2.45, 2.75) is 6.54 Å².